The number of hydrogen-bond acceptors (Lipinski definition) is 1. The molecule has 0 atom stereocenters. The third-order valence-electron chi connectivity index (χ3n) is 1.41. The lowest BCUT2D eigenvalue weighted by Crippen LogP contribution is -1.94. The van der Waals surface area contributed by atoms with E-state index in [1.165, 1.54) is 6.07 Å². The number of para-hydroxylation sites is 1. The first kappa shape index (κ1) is 8.78. The van der Waals surface area contributed by atoms with Crippen molar-refractivity contribution in [2.45, 2.75) is 6.92 Å². The van der Waals surface area contributed by atoms with Crippen LogP contribution in [0.5, 0.6) is 5.75 Å². The molecular formula is C10H11FO. The highest BCUT2D eigenvalue weighted by atomic mass is 19.1. The molecule has 0 heterocycles. The van der Waals surface area contributed by atoms with E-state index in [0.717, 1.165) is 0 Å². The number of benzene rings is 1. The lowest BCUT2D eigenvalue weighted by molar-refractivity contribution is 0.341. The van der Waals surface area contributed by atoms with Gasteiger partial charge >= 0.3 is 0 Å². The molecule has 64 valence electrons. The van der Waals surface area contributed by atoms with Gasteiger partial charge in [0, 0.05) is 0 Å². The minimum Gasteiger partial charge on any atom is -0.486 e. The molecule has 0 unspecified atom stereocenters. The van der Waals surface area contributed by atoms with E-state index in [1.54, 1.807) is 18.2 Å². The fourth-order valence-electron chi connectivity index (χ4n) is 0.796. The van der Waals surface area contributed by atoms with E-state index < -0.39 is 0 Å². The van der Waals surface area contributed by atoms with E-state index in [4.69, 9.17) is 4.74 Å². The minimum atomic E-state index is -0.318. The molecule has 1 rings (SSSR count). The molecule has 1 nitrogen and oxygen atoms in total. The van der Waals surface area contributed by atoms with Crippen LogP contribution in [0, 0.1) is 5.82 Å². The van der Waals surface area contributed by atoms with E-state index in [-0.39, 0.29) is 5.82 Å². The van der Waals surface area contributed by atoms with Crippen molar-refractivity contribution in [3.8, 4) is 5.75 Å². The molecule has 12 heavy (non-hydrogen) atoms. The van der Waals surface area contributed by atoms with Gasteiger partial charge in [-0.05, 0) is 19.1 Å². The van der Waals surface area contributed by atoms with E-state index in [9.17, 15) is 4.39 Å². The fraction of sp³-hybridized carbons (Fsp3) is 0.200. The van der Waals surface area contributed by atoms with Crippen LogP contribution in [0.1, 0.15) is 6.92 Å². The number of allylic oxidation sites excluding steroid dienone is 1. The molecule has 0 bridgehead atoms. The lowest BCUT2D eigenvalue weighted by Gasteiger charge is -2.02. The Hall–Kier alpha value is -1.31. The van der Waals surface area contributed by atoms with Crippen LogP contribution in [0.2, 0.25) is 0 Å². The highest BCUT2D eigenvalue weighted by molar-refractivity contribution is 5.23. The summed E-state index contributed by atoms with van der Waals surface area (Å²) in [4.78, 5) is 0. The van der Waals surface area contributed by atoms with Crippen molar-refractivity contribution >= 4 is 0 Å². The van der Waals surface area contributed by atoms with Gasteiger partial charge in [-0.25, -0.2) is 4.39 Å². The van der Waals surface area contributed by atoms with Crippen LogP contribution < -0.4 is 4.74 Å². The average molecular weight is 166 g/mol. The predicted octanol–water partition coefficient (Wildman–Crippen LogP) is 2.78. The Morgan fingerprint density at radius 2 is 2.17 bits per heavy atom. The zero-order valence-corrected chi connectivity index (χ0v) is 6.96. The summed E-state index contributed by atoms with van der Waals surface area (Å²) in [5.74, 6) is -0.0161. The Balaban J connectivity index is 2.57. The van der Waals surface area contributed by atoms with Gasteiger partial charge in [-0.3, -0.25) is 0 Å². The van der Waals surface area contributed by atoms with Crippen molar-refractivity contribution in [1.82, 2.24) is 0 Å². The highest BCUT2D eigenvalue weighted by Crippen LogP contribution is 2.14. The van der Waals surface area contributed by atoms with E-state index in [2.05, 4.69) is 0 Å². The summed E-state index contributed by atoms with van der Waals surface area (Å²) in [6.07, 6.45) is 3.69. The lowest BCUT2D eigenvalue weighted by atomic mass is 10.3. The first-order valence-corrected chi connectivity index (χ1v) is 3.83. The van der Waals surface area contributed by atoms with Crippen LogP contribution in [-0.4, -0.2) is 6.61 Å². The molecule has 0 aromatic heterocycles. The molecule has 0 N–H and O–H groups in total. The Morgan fingerprint density at radius 3 is 2.83 bits per heavy atom. The topological polar surface area (TPSA) is 9.23 Å². The molecule has 0 aliphatic rings. The Morgan fingerprint density at radius 1 is 1.42 bits per heavy atom. The second-order valence-electron chi connectivity index (χ2n) is 2.31. The van der Waals surface area contributed by atoms with Crippen LogP contribution >= 0.6 is 0 Å². The van der Waals surface area contributed by atoms with E-state index in [1.807, 2.05) is 19.1 Å². The van der Waals surface area contributed by atoms with Gasteiger partial charge in [0.25, 0.3) is 0 Å². The standard InChI is InChI=1S/C10H11FO/c1-2-3-8-12-10-7-5-4-6-9(10)11/h2-7H,8H2,1H3/b3-2+. The van der Waals surface area contributed by atoms with Crippen molar-refractivity contribution in [3.05, 3.63) is 42.2 Å². The zero-order valence-electron chi connectivity index (χ0n) is 6.96. The van der Waals surface area contributed by atoms with Crippen molar-refractivity contribution < 1.29 is 9.13 Å². The highest BCUT2D eigenvalue weighted by Gasteiger charge is 1.98. The van der Waals surface area contributed by atoms with Gasteiger partial charge < -0.3 is 4.74 Å². The van der Waals surface area contributed by atoms with E-state index >= 15 is 0 Å². The number of rotatable bonds is 3. The van der Waals surface area contributed by atoms with Gasteiger partial charge in [0.15, 0.2) is 11.6 Å². The van der Waals surface area contributed by atoms with Gasteiger partial charge in [0.1, 0.15) is 6.61 Å². The van der Waals surface area contributed by atoms with Crippen LogP contribution in [0.4, 0.5) is 4.39 Å². The van der Waals surface area contributed by atoms with Crippen molar-refractivity contribution in [3.63, 3.8) is 0 Å². The molecule has 0 fully saturated rings. The summed E-state index contributed by atoms with van der Waals surface area (Å²) >= 11 is 0. The van der Waals surface area contributed by atoms with Gasteiger partial charge in [-0.2, -0.15) is 0 Å². The van der Waals surface area contributed by atoms with Gasteiger partial charge in [0.2, 0.25) is 0 Å². The minimum absolute atomic E-state index is 0.301. The van der Waals surface area contributed by atoms with Gasteiger partial charge in [-0.1, -0.05) is 24.3 Å². The first-order chi connectivity index (χ1) is 5.84. The van der Waals surface area contributed by atoms with Crippen molar-refractivity contribution in [1.29, 1.82) is 0 Å². The Labute approximate surface area is 71.5 Å². The number of hydrogen-bond donors (Lipinski definition) is 0. The van der Waals surface area contributed by atoms with Crippen molar-refractivity contribution in [2.24, 2.45) is 0 Å². The van der Waals surface area contributed by atoms with Crippen LogP contribution in [0.15, 0.2) is 36.4 Å². The summed E-state index contributed by atoms with van der Waals surface area (Å²) in [6, 6.07) is 6.37. The number of ether oxygens (including phenoxy) is 1. The third kappa shape index (κ3) is 2.38. The van der Waals surface area contributed by atoms with Gasteiger partial charge in [0.05, 0.1) is 0 Å². The normalized spacial score (nSPS) is 10.5. The molecule has 1 aromatic carbocycles. The molecule has 0 saturated carbocycles. The molecule has 0 spiro atoms. The number of halogens is 1. The van der Waals surface area contributed by atoms with Crippen LogP contribution in [0.25, 0.3) is 0 Å². The predicted molar refractivity (Wildman–Crippen MR) is 46.7 cm³/mol. The molecule has 0 aliphatic carbocycles. The summed E-state index contributed by atoms with van der Waals surface area (Å²) < 4.78 is 18.0. The maximum atomic E-state index is 12.9. The first-order valence-electron chi connectivity index (χ1n) is 3.83. The molecular weight excluding hydrogens is 155 g/mol. The summed E-state index contributed by atoms with van der Waals surface area (Å²) in [6.45, 7) is 2.31. The largest absolute Gasteiger partial charge is 0.486 e. The molecule has 1 aromatic rings. The smallest absolute Gasteiger partial charge is 0.165 e. The SMILES string of the molecule is C/C=C/COc1ccccc1F. The Kier molecular flexibility index (Phi) is 3.33. The van der Waals surface area contributed by atoms with E-state index in [0.29, 0.717) is 12.4 Å². The molecule has 2 heteroatoms. The fourth-order valence-corrected chi connectivity index (χ4v) is 0.796. The second-order valence-corrected chi connectivity index (χ2v) is 2.31. The molecule has 0 aliphatic heterocycles. The molecule has 0 saturated heterocycles. The molecule has 0 amide bonds. The van der Waals surface area contributed by atoms with Crippen LogP contribution in [-0.2, 0) is 0 Å². The zero-order chi connectivity index (χ0) is 8.81. The quantitative estimate of drug-likeness (QED) is 0.627. The van der Waals surface area contributed by atoms with Crippen LogP contribution in [0.3, 0.4) is 0 Å². The van der Waals surface area contributed by atoms with Crippen molar-refractivity contribution in [2.75, 3.05) is 6.61 Å². The average Bonchev–Trinajstić information content (AvgIpc) is 2.09. The summed E-state index contributed by atoms with van der Waals surface area (Å²) in [5.41, 5.74) is 0. The summed E-state index contributed by atoms with van der Waals surface area (Å²) in [5, 5.41) is 0. The summed E-state index contributed by atoms with van der Waals surface area (Å²) in [7, 11) is 0. The maximum Gasteiger partial charge on any atom is 0.165 e. The second kappa shape index (κ2) is 4.54. The van der Waals surface area contributed by atoms with Gasteiger partial charge in [-0.15, -0.1) is 0 Å². The monoisotopic (exact) mass is 166 g/mol. The Bertz CT molecular complexity index is 268. The maximum absolute atomic E-state index is 12.9. The third-order valence-corrected chi connectivity index (χ3v) is 1.41. The molecule has 0 radical (unpaired) electrons.